The molecule has 1 saturated carbocycles. The molecule has 4 N–H and O–H groups in total. The minimum atomic E-state index is -0.163. The smallest absolute Gasteiger partial charge is 0.320 e. The van der Waals surface area contributed by atoms with E-state index in [0.29, 0.717) is 41.8 Å². The fourth-order valence-electron chi connectivity index (χ4n) is 6.00. The van der Waals surface area contributed by atoms with Gasteiger partial charge >= 0.3 is 6.03 Å². The van der Waals surface area contributed by atoms with Gasteiger partial charge in [0.05, 0.1) is 11.9 Å². The molecule has 4 aliphatic rings. The van der Waals surface area contributed by atoms with Crippen molar-refractivity contribution in [2.45, 2.75) is 51.0 Å². The number of nitrogens with zero attached hydrogens (tertiary/aromatic N) is 6. The number of hydrogen-bond donors (Lipinski definition) is 3. The van der Waals surface area contributed by atoms with E-state index in [9.17, 15) is 9.59 Å². The van der Waals surface area contributed by atoms with E-state index in [4.69, 9.17) is 10.7 Å². The standard InChI is InChI=1S/C29H41N9O2/c1-21(34-27-22(19-30)18-25(28(39)31-2)38(27)23-8-4-5-9-23)33-26-11-10-24(20-32-26)35-14-16-37(17-15-35)29(40)36-12-6-3-7-13-36/h10-11,18-20,23H,1,3-9,12-17,30H2,2H3,(H,31,39)(H,32,33)/b22-19-,34-27+. The summed E-state index contributed by atoms with van der Waals surface area (Å²) in [4.78, 5) is 43.0. The van der Waals surface area contributed by atoms with Gasteiger partial charge in [0.25, 0.3) is 5.91 Å². The van der Waals surface area contributed by atoms with Gasteiger partial charge in [0.2, 0.25) is 0 Å². The summed E-state index contributed by atoms with van der Waals surface area (Å²) in [5.74, 6) is 1.50. The first-order valence-corrected chi connectivity index (χ1v) is 14.4. The van der Waals surface area contributed by atoms with Crippen LogP contribution in [0.5, 0.6) is 0 Å². The van der Waals surface area contributed by atoms with Gasteiger partial charge < -0.3 is 36.0 Å². The second-order valence-electron chi connectivity index (χ2n) is 10.8. The molecule has 0 atom stereocenters. The number of pyridine rings is 1. The summed E-state index contributed by atoms with van der Waals surface area (Å²) in [5.41, 5.74) is 8.19. The van der Waals surface area contributed by atoms with Crippen LogP contribution in [0.25, 0.3) is 0 Å². The SMILES string of the molecule is C=C(/N=C1\C(=C/N)C=C(C(=O)NC)N1C1CCCC1)Nc1ccc(N2CCN(C(=O)N3CCCCC3)CC2)cn1. The minimum absolute atomic E-state index is 0.163. The van der Waals surface area contributed by atoms with Crippen LogP contribution in [0.3, 0.4) is 0 Å². The fraction of sp³-hybridized carbons (Fsp3) is 0.517. The Balaban J connectivity index is 1.20. The molecule has 0 radical (unpaired) electrons. The van der Waals surface area contributed by atoms with E-state index in [-0.39, 0.29) is 18.0 Å². The lowest BCUT2D eigenvalue weighted by atomic mass is 10.1. The lowest BCUT2D eigenvalue weighted by Crippen LogP contribution is -2.53. The molecular weight excluding hydrogens is 506 g/mol. The number of nitrogens with two attached hydrogens (primary N) is 1. The predicted molar refractivity (Wildman–Crippen MR) is 158 cm³/mol. The number of nitrogens with one attached hydrogen (secondary N) is 2. The van der Waals surface area contributed by atoms with Crippen LogP contribution >= 0.6 is 0 Å². The van der Waals surface area contributed by atoms with Crippen LogP contribution in [0.2, 0.25) is 0 Å². The number of likely N-dealkylation sites (tertiary alicyclic amines) is 1. The minimum Gasteiger partial charge on any atom is -0.404 e. The fourth-order valence-corrected chi connectivity index (χ4v) is 6.00. The van der Waals surface area contributed by atoms with Crippen molar-refractivity contribution in [1.29, 1.82) is 0 Å². The van der Waals surface area contributed by atoms with Gasteiger partial charge in [0.15, 0.2) is 0 Å². The first-order valence-electron chi connectivity index (χ1n) is 14.4. The number of urea groups is 1. The maximum Gasteiger partial charge on any atom is 0.320 e. The summed E-state index contributed by atoms with van der Waals surface area (Å²) < 4.78 is 0. The van der Waals surface area contributed by atoms with Crippen LogP contribution in [0.1, 0.15) is 44.9 Å². The third-order valence-corrected chi connectivity index (χ3v) is 8.17. The van der Waals surface area contributed by atoms with Crippen LogP contribution < -0.4 is 21.3 Å². The maximum absolute atomic E-state index is 12.8. The number of aliphatic imine (C=N–C) groups is 1. The van der Waals surface area contributed by atoms with E-state index in [1.807, 2.05) is 33.0 Å². The van der Waals surface area contributed by atoms with Crippen molar-refractivity contribution in [3.63, 3.8) is 0 Å². The molecule has 4 heterocycles. The van der Waals surface area contributed by atoms with E-state index >= 15 is 0 Å². The number of amidine groups is 1. The topological polar surface area (TPSA) is 122 Å². The highest BCUT2D eigenvalue weighted by molar-refractivity contribution is 6.12. The van der Waals surface area contributed by atoms with Crippen molar-refractivity contribution in [1.82, 2.24) is 25.0 Å². The second kappa shape index (κ2) is 12.4. The molecule has 214 valence electrons. The highest BCUT2D eigenvalue weighted by Crippen LogP contribution is 2.33. The molecule has 0 unspecified atom stereocenters. The van der Waals surface area contributed by atoms with Crippen molar-refractivity contribution < 1.29 is 9.59 Å². The van der Waals surface area contributed by atoms with Gasteiger partial charge in [-0.05, 0) is 50.3 Å². The normalized spacial score (nSPS) is 22.2. The Hall–Kier alpha value is -4.02. The monoisotopic (exact) mass is 547 g/mol. The van der Waals surface area contributed by atoms with Gasteiger partial charge in [-0.25, -0.2) is 14.8 Å². The summed E-state index contributed by atoms with van der Waals surface area (Å²) in [6, 6.07) is 4.30. The maximum atomic E-state index is 12.8. The number of anilines is 2. The van der Waals surface area contributed by atoms with Gasteiger partial charge in [-0.3, -0.25) is 4.79 Å². The van der Waals surface area contributed by atoms with E-state index < -0.39 is 0 Å². The molecule has 0 spiro atoms. The summed E-state index contributed by atoms with van der Waals surface area (Å²) in [7, 11) is 1.63. The molecule has 1 aromatic rings. The lowest BCUT2D eigenvalue weighted by Gasteiger charge is -2.39. The summed E-state index contributed by atoms with van der Waals surface area (Å²) in [6.07, 6.45) is 12.8. The Bertz CT molecular complexity index is 1190. The number of carbonyl (C=O) groups is 2. The number of hydrogen-bond acceptors (Lipinski definition) is 7. The van der Waals surface area contributed by atoms with Gasteiger partial charge in [-0.15, -0.1) is 0 Å². The van der Waals surface area contributed by atoms with Crippen molar-refractivity contribution in [3.05, 3.63) is 54.3 Å². The average molecular weight is 548 g/mol. The number of piperidine rings is 1. The Morgan fingerprint density at radius 2 is 1.73 bits per heavy atom. The number of likely N-dealkylation sites (N-methyl/N-ethyl adjacent to an activating group) is 1. The lowest BCUT2D eigenvalue weighted by molar-refractivity contribution is -0.118. The molecule has 3 amide bonds. The quantitative estimate of drug-likeness (QED) is 0.501. The first-order chi connectivity index (χ1) is 19.5. The summed E-state index contributed by atoms with van der Waals surface area (Å²) in [5, 5.41) is 5.91. The van der Waals surface area contributed by atoms with E-state index in [1.54, 1.807) is 13.1 Å². The van der Waals surface area contributed by atoms with Crippen molar-refractivity contribution >= 4 is 29.3 Å². The molecule has 0 aromatic carbocycles. The molecule has 5 rings (SSSR count). The summed E-state index contributed by atoms with van der Waals surface area (Å²) in [6.45, 7) is 8.84. The molecule has 11 nitrogen and oxygen atoms in total. The highest BCUT2D eigenvalue weighted by atomic mass is 16.2. The molecule has 1 aliphatic carbocycles. The van der Waals surface area contributed by atoms with Crippen molar-refractivity contribution in [2.24, 2.45) is 10.7 Å². The molecule has 3 fully saturated rings. The van der Waals surface area contributed by atoms with Gasteiger partial charge in [-0.2, -0.15) is 0 Å². The van der Waals surface area contributed by atoms with Crippen LogP contribution in [0.15, 0.2) is 59.3 Å². The van der Waals surface area contributed by atoms with Crippen LogP contribution in [0.4, 0.5) is 16.3 Å². The zero-order valence-corrected chi connectivity index (χ0v) is 23.4. The second-order valence-corrected chi connectivity index (χ2v) is 10.8. The van der Waals surface area contributed by atoms with E-state index in [2.05, 4.69) is 27.1 Å². The van der Waals surface area contributed by atoms with Gasteiger partial charge in [0, 0.05) is 64.1 Å². The molecule has 1 aromatic heterocycles. The van der Waals surface area contributed by atoms with Gasteiger partial charge in [0.1, 0.15) is 23.2 Å². The van der Waals surface area contributed by atoms with Crippen molar-refractivity contribution in [3.8, 4) is 0 Å². The van der Waals surface area contributed by atoms with Crippen LogP contribution in [0, 0.1) is 0 Å². The highest BCUT2D eigenvalue weighted by Gasteiger charge is 2.36. The molecule has 11 heteroatoms. The average Bonchev–Trinajstić information content (AvgIpc) is 3.65. The van der Waals surface area contributed by atoms with Crippen molar-refractivity contribution in [2.75, 3.05) is 56.5 Å². The molecular formula is C29H41N9O2. The zero-order chi connectivity index (χ0) is 28.1. The number of rotatable bonds is 6. The van der Waals surface area contributed by atoms with Crippen LogP contribution in [-0.4, -0.2) is 89.8 Å². The van der Waals surface area contributed by atoms with Gasteiger partial charge in [-0.1, -0.05) is 19.4 Å². The largest absolute Gasteiger partial charge is 0.404 e. The zero-order valence-electron chi connectivity index (χ0n) is 23.4. The third kappa shape index (κ3) is 5.93. The predicted octanol–water partition coefficient (Wildman–Crippen LogP) is 2.82. The molecule has 0 bridgehead atoms. The Labute approximate surface area is 236 Å². The van der Waals surface area contributed by atoms with E-state index in [0.717, 1.165) is 70.4 Å². The Kier molecular flexibility index (Phi) is 8.57. The summed E-state index contributed by atoms with van der Waals surface area (Å²) >= 11 is 0. The number of carbonyl (C=O) groups excluding carboxylic acids is 2. The molecule has 2 saturated heterocycles. The first kappa shape index (κ1) is 27.5. The number of aromatic nitrogens is 1. The molecule has 40 heavy (non-hydrogen) atoms. The Morgan fingerprint density at radius 1 is 1.02 bits per heavy atom. The van der Waals surface area contributed by atoms with Crippen LogP contribution in [-0.2, 0) is 4.79 Å². The van der Waals surface area contributed by atoms with E-state index in [1.165, 1.54) is 12.6 Å². The third-order valence-electron chi connectivity index (χ3n) is 8.17. The number of amides is 3. The molecule has 3 aliphatic heterocycles. The number of piperazine rings is 1. The Morgan fingerprint density at radius 3 is 2.35 bits per heavy atom.